The highest BCUT2D eigenvalue weighted by atomic mass is 19.1. The largest absolute Gasteiger partial charge is 0.343 e. The maximum Gasteiger partial charge on any atom is 0.323 e. The SMILES string of the molecule is Cc1cc(C(=O)NCC(=O)Nc2ccc3[nH]c(=O)[nH]c3c2)c(C)n1-c1ccccc1F. The Bertz CT molecular complexity index is 1370. The molecule has 31 heavy (non-hydrogen) atoms. The van der Waals surface area contributed by atoms with Crippen molar-refractivity contribution in [3.63, 3.8) is 0 Å². The number of carbonyl (C=O) groups excluding carboxylic acids is 2. The minimum Gasteiger partial charge on any atom is -0.343 e. The van der Waals surface area contributed by atoms with E-state index < -0.39 is 17.6 Å². The van der Waals surface area contributed by atoms with Crippen LogP contribution in [0.3, 0.4) is 0 Å². The number of benzene rings is 2. The lowest BCUT2D eigenvalue weighted by Gasteiger charge is -2.11. The van der Waals surface area contributed by atoms with Crippen molar-refractivity contribution in [1.82, 2.24) is 19.9 Å². The topological polar surface area (TPSA) is 112 Å². The normalized spacial score (nSPS) is 10.9. The number of aromatic nitrogens is 3. The Morgan fingerprint density at radius 2 is 1.77 bits per heavy atom. The van der Waals surface area contributed by atoms with Gasteiger partial charge in [-0.1, -0.05) is 12.1 Å². The quantitative estimate of drug-likeness (QED) is 0.398. The fourth-order valence-corrected chi connectivity index (χ4v) is 3.57. The molecule has 0 aliphatic carbocycles. The van der Waals surface area contributed by atoms with Crippen LogP contribution in [0.25, 0.3) is 16.7 Å². The molecule has 0 radical (unpaired) electrons. The van der Waals surface area contributed by atoms with Crippen LogP contribution in [0.5, 0.6) is 0 Å². The van der Waals surface area contributed by atoms with Gasteiger partial charge in [-0.05, 0) is 50.2 Å². The Kier molecular flexibility index (Phi) is 5.16. The van der Waals surface area contributed by atoms with Crippen molar-refractivity contribution < 1.29 is 14.0 Å². The van der Waals surface area contributed by atoms with Crippen LogP contribution in [-0.4, -0.2) is 32.9 Å². The average molecular weight is 421 g/mol. The first-order chi connectivity index (χ1) is 14.8. The number of aromatic amines is 2. The van der Waals surface area contributed by atoms with E-state index in [-0.39, 0.29) is 12.2 Å². The zero-order valence-corrected chi connectivity index (χ0v) is 16.9. The summed E-state index contributed by atoms with van der Waals surface area (Å²) in [7, 11) is 0. The van der Waals surface area contributed by atoms with Crippen LogP contribution in [0.4, 0.5) is 10.1 Å². The Balaban J connectivity index is 1.45. The first-order valence-corrected chi connectivity index (χ1v) is 9.57. The third kappa shape index (κ3) is 3.97. The summed E-state index contributed by atoms with van der Waals surface area (Å²) in [4.78, 5) is 41.5. The zero-order chi connectivity index (χ0) is 22.1. The lowest BCUT2D eigenvalue weighted by molar-refractivity contribution is -0.115. The molecule has 4 N–H and O–H groups in total. The van der Waals surface area contributed by atoms with E-state index in [2.05, 4.69) is 20.6 Å². The molecule has 4 aromatic rings. The molecule has 158 valence electrons. The summed E-state index contributed by atoms with van der Waals surface area (Å²) in [5.74, 6) is -1.25. The molecule has 0 spiro atoms. The van der Waals surface area contributed by atoms with E-state index in [1.54, 1.807) is 60.9 Å². The number of halogens is 1. The minimum absolute atomic E-state index is 0.246. The van der Waals surface area contributed by atoms with Crippen LogP contribution in [0.2, 0.25) is 0 Å². The summed E-state index contributed by atoms with van der Waals surface area (Å²) in [6.07, 6.45) is 0. The summed E-state index contributed by atoms with van der Waals surface area (Å²) >= 11 is 0. The Labute approximate surface area is 176 Å². The smallest absolute Gasteiger partial charge is 0.323 e. The van der Waals surface area contributed by atoms with Gasteiger partial charge in [-0.2, -0.15) is 0 Å². The van der Waals surface area contributed by atoms with Gasteiger partial charge < -0.3 is 25.2 Å². The molecule has 9 heteroatoms. The summed E-state index contributed by atoms with van der Waals surface area (Å²) in [5, 5.41) is 5.26. The predicted octanol–water partition coefficient (Wildman–Crippen LogP) is 2.77. The molecule has 2 aromatic heterocycles. The molecule has 8 nitrogen and oxygen atoms in total. The molecular formula is C22H20FN5O3. The van der Waals surface area contributed by atoms with Gasteiger partial charge in [0.1, 0.15) is 5.82 Å². The highest BCUT2D eigenvalue weighted by Gasteiger charge is 2.18. The molecular weight excluding hydrogens is 401 g/mol. The third-order valence-electron chi connectivity index (χ3n) is 4.98. The molecule has 0 atom stereocenters. The first kappa shape index (κ1) is 20.1. The molecule has 0 bridgehead atoms. The Morgan fingerprint density at radius 1 is 1.03 bits per heavy atom. The maximum atomic E-state index is 14.2. The average Bonchev–Trinajstić information content (AvgIpc) is 3.24. The number of para-hydroxylation sites is 1. The van der Waals surface area contributed by atoms with Gasteiger partial charge in [0.25, 0.3) is 5.91 Å². The number of nitrogens with one attached hydrogen (secondary N) is 4. The number of amides is 2. The Hall–Kier alpha value is -4.14. The molecule has 2 aromatic carbocycles. The van der Waals surface area contributed by atoms with Gasteiger partial charge in [0, 0.05) is 17.1 Å². The summed E-state index contributed by atoms with van der Waals surface area (Å²) in [5.41, 5.74) is 3.33. The second-order valence-electron chi connectivity index (χ2n) is 7.14. The van der Waals surface area contributed by atoms with Crippen LogP contribution < -0.4 is 16.3 Å². The highest BCUT2D eigenvalue weighted by Crippen LogP contribution is 2.22. The molecule has 0 aliphatic heterocycles. The van der Waals surface area contributed by atoms with Gasteiger partial charge in [0.05, 0.1) is 28.8 Å². The van der Waals surface area contributed by atoms with Crippen LogP contribution >= 0.6 is 0 Å². The molecule has 0 aliphatic rings. The number of aryl methyl sites for hydroxylation is 1. The molecule has 2 heterocycles. The second kappa shape index (κ2) is 7.94. The summed E-state index contributed by atoms with van der Waals surface area (Å²) < 4.78 is 15.9. The van der Waals surface area contributed by atoms with Crippen LogP contribution in [0.15, 0.2) is 53.3 Å². The number of fused-ring (bicyclic) bond motifs is 1. The van der Waals surface area contributed by atoms with Crippen molar-refractivity contribution in [2.75, 3.05) is 11.9 Å². The number of hydrogen-bond donors (Lipinski definition) is 4. The fourth-order valence-electron chi connectivity index (χ4n) is 3.57. The molecule has 0 saturated heterocycles. The van der Waals surface area contributed by atoms with E-state index in [1.807, 2.05) is 0 Å². The maximum absolute atomic E-state index is 14.2. The van der Waals surface area contributed by atoms with Gasteiger partial charge in [0.2, 0.25) is 5.91 Å². The Morgan fingerprint density at radius 3 is 2.55 bits per heavy atom. The number of rotatable bonds is 5. The van der Waals surface area contributed by atoms with E-state index in [9.17, 15) is 18.8 Å². The number of imidazole rings is 1. The number of H-pyrrole nitrogens is 2. The molecule has 4 rings (SSSR count). The number of nitrogens with zero attached hydrogens (tertiary/aromatic N) is 1. The monoisotopic (exact) mass is 421 g/mol. The molecule has 0 fully saturated rings. The van der Waals surface area contributed by atoms with E-state index in [4.69, 9.17) is 0 Å². The van der Waals surface area contributed by atoms with Gasteiger partial charge >= 0.3 is 5.69 Å². The van der Waals surface area contributed by atoms with E-state index >= 15 is 0 Å². The zero-order valence-electron chi connectivity index (χ0n) is 16.9. The van der Waals surface area contributed by atoms with E-state index in [0.29, 0.717) is 39.4 Å². The van der Waals surface area contributed by atoms with Crippen molar-refractivity contribution in [3.8, 4) is 5.69 Å². The van der Waals surface area contributed by atoms with Crippen molar-refractivity contribution in [3.05, 3.63) is 81.8 Å². The van der Waals surface area contributed by atoms with Gasteiger partial charge in [0.15, 0.2) is 0 Å². The summed E-state index contributed by atoms with van der Waals surface area (Å²) in [6, 6.07) is 12.9. The van der Waals surface area contributed by atoms with Crippen LogP contribution in [-0.2, 0) is 4.79 Å². The van der Waals surface area contributed by atoms with Gasteiger partial charge in [-0.3, -0.25) is 9.59 Å². The lowest BCUT2D eigenvalue weighted by Crippen LogP contribution is -2.33. The fraction of sp³-hybridized carbons (Fsp3) is 0.136. The third-order valence-corrected chi connectivity index (χ3v) is 4.98. The van der Waals surface area contributed by atoms with E-state index in [0.717, 1.165) is 0 Å². The molecule has 0 unspecified atom stereocenters. The second-order valence-corrected chi connectivity index (χ2v) is 7.14. The highest BCUT2D eigenvalue weighted by molar-refractivity contribution is 6.00. The predicted molar refractivity (Wildman–Crippen MR) is 115 cm³/mol. The van der Waals surface area contributed by atoms with Crippen molar-refractivity contribution in [2.24, 2.45) is 0 Å². The first-order valence-electron chi connectivity index (χ1n) is 9.57. The number of carbonyl (C=O) groups is 2. The minimum atomic E-state index is -0.434. The standard InChI is InChI=1S/C22H20FN5O3/c1-12-9-15(13(2)28(12)19-6-4-3-5-16(19)23)21(30)24-11-20(29)25-14-7-8-17-18(10-14)27-22(31)26-17/h3-10H,11H2,1-2H3,(H,24,30)(H,25,29)(H2,26,27,31). The van der Waals surface area contributed by atoms with Gasteiger partial charge in [-0.25, -0.2) is 9.18 Å². The lowest BCUT2D eigenvalue weighted by atomic mass is 10.2. The molecule has 0 saturated carbocycles. The van der Waals surface area contributed by atoms with Crippen LogP contribution in [0, 0.1) is 19.7 Å². The van der Waals surface area contributed by atoms with Crippen molar-refractivity contribution in [1.29, 1.82) is 0 Å². The number of anilines is 1. The van der Waals surface area contributed by atoms with Gasteiger partial charge in [-0.15, -0.1) is 0 Å². The van der Waals surface area contributed by atoms with Crippen molar-refractivity contribution >= 4 is 28.5 Å². The van der Waals surface area contributed by atoms with Crippen LogP contribution in [0.1, 0.15) is 21.7 Å². The van der Waals surface area contributed by atoms with Crippen molar-refractivity contribution in [2.45, 2.75) is 13.8 Å². The number of hydrogen-bond acceptors (Lipinski definition) is 3. The van der Waals surface area contributed by atoms with E-state index in [1.165, 1.54) is 6.07 Å². The molecule has 2 amide bonds. The summed E-state index contributed by atoms with van der Waals surface area (Å²) in [6.45, 7) is 3.26.